The number of anilines is 3. The summed E-state index contributed by atoms with van der Waals surface area (Å²) in [4.78, 5) is 2.32. The van der Waals surface area contributed by atoms with E-state index < -0.39 is 8.07 Å². The SMILES string of the molecule is Cc1ccc(-[n+]2[c-]n(-c3[c-]cccc3)c3ccccc32)cc1.[Pt+4].[c-]1ccccc1N1c2[c-]cccc2[Si](c2ccccc2)(c2ccccc2)c2ccccc21. The Hall–Kier alpha value is -6.06. The Morgan fingerprint density at radius 2 is 1.05 bits per heavy atom. The fourth-order valence-electron chi connectivity index (χ4n) is 7.75. The van der Waals surface area contributed by atoms with E-state index >= 15 is 0 Å². The molecule has 9 aromatic rings. The Bertz CT molecular complexity index is 2570. The van der Waals surface area contributed by atoms with E-state index in [2.05, 4.69) is 203 Å². The summed E-state index contributed by atoms with van der Waals surface area (Å²) in [6, 6.07) is 80.7. The number of imidazole rings is 1. The van der Waals surface area contributed by atoms with Crippen molar-refractivity contribution in [3.63, 3.8) is 0 Å². The Labute approximate surface area is 338 Å². The summed E-state index contributed by atoms with van der Waals surface area (Å²) >= 11 is 0. The maximum absolute atomic E-state index is 3.61. The molecule has 0 radical (unpaired) electrons. The van der Waals surface area contributed by atoms with Crippen molar-refractivity contribution in [3.8, 4) is 11.4 Å². The molecule has 0 atom stereocenters. The third-order valence-electron chi connectivity index (χ3n) is 10.1. The van der Waals surface area contributed by atoms with Gasteiger partial charge in [0.2, 0.25) is 0 Å². The van der Waals surface area contributed by atoms with Crippen molar-refractivity contribution < 1.29 is 25.6 Å². The van der Waals surface area contributed by atoms with Gasteiger partial charge in [-0.1, -0.05) is 143 Å². The van der Waals surface area contributed by atoms with Crippen molar-refractivity contribution in [1.82, 2.24) is 4.57 Å². The maximum Gasteiger partial charge on any atom is 4.00 e. The molecule has 5 heteroatoms. The molecule has 0 saturated carbocycles. The van der Waals surface area contributed by atoms with E-state index in [0.29, 0.717) is 0 Å². The molecule has 0 aliphatic carbocycles. The molecule has 0 N–H and O–H groups in total. The van der Waals surface area contributed by atoms with Crippen LogP contribution < -0.4 is 30.2 Å². The van der Waals surface area contributed by atoms with Crippen LogP contribution in [0.25, 0.3) is 22.4 Å². The fourth-order valence-corrected chi connectivity index (χ4v) is 12.8. The Kier molecular flexibility index (Phi) is 10.3. The number of aryl methyl sites for hydroxylation is 1. The van der Waals surface area contributed by atoms with Crippen LogP contribution in [0.5, 0.6) is 0 Å². The summed E-state index contributed by atoms with van der Waals surface area (Å²) in [6.07, 6.45) is 3.44. The normalized spacial score (nSPS) is 12.4. The van der Waals surface area contributed by atoms with Crippen molar-refractivity contribution >= 4 is 56.9 Å². The van der Waals surface area contributed by atoms with Crippen molar-refractivity contribution in [1.29, 1.82) is 0 Å². The van der Waals surface area contributed by atoms with Crippen molar-refractivity contribution in [2.75, 3.05) is 4.90 Å². The van der Waals surface area contributed by atoms with Crippen LogP contribution in [0.3, 0.4) is 0 Å². The molecule has 0 amide bonds. The van der Waals surface area contributed by atoms with Crippen LogP contribution in [0.4, 0.5) is 17.1 Å². The first kappa shape index (κ1) is 35.9. The van der Waals surface area contributed by atoms with E-state index in [4.69, 9.17) is 0 Å². The zero-order chi connectivity index (χ0) is 36.3. The van der Waals surface area contributed by atoms with E-state index in [0.717, 1.165) is 33.8 Å². The molecule has 0 bridgehead atoms. The third kappa shape index (κ3) is 6.48. The summed E-state index contributed by atoms with van der Waals surface area (Å²) in [5, 5.41) is 5.52. The van der Waals surface area contributed by atoms with Crippen molar-refractivity contribution in [3.05, 3.63) is 230 Å². The van der Waals surface area contributed by atoms with Gasteiger partial charge in [0.05, 0.1) is 16.7 Å². The van der Waals surface area contributed by atoms with Crippen LogP contribution in [-0.2, 0) is 21.1 Å². The maximum atomic E-state index is 3.61. The molecule has 2 heterocycles. The molecule has 0 spiro atoms. The average Bonchev–Trinajstić information content (AvgIpc) is 3.64. The van der Waals surface area contributed by atoms with Crippen LogP contribution in [0, 0.1) is 31.5 Å². The van der Waals surface area contributed by atoms with E-state index in [1.54, 1.807) is 0 Å². The summed E-state index contributed by atoms with van der Waals surface area (Å²) in [6.45, 7) is 2.10. The Morgan fingerprint density at radius 1 is 0.491 bits per heavy atom. The van der Waals surface area contributed by atoms with Crippen LogP contribution in [0.2, 0.25) is 0 Å². The van der Waals surface area contributed by atoms with Gasteiger partial charge in [-0.2, -0.15) is 78.9 Å². The number of hydrogen-bond donors (Lipinski definition) is 0. The van der Waals surface area contributed by atoms with Crippen molar-refractivity contribution in [2.45, 2.75) is 6.92 Å². The second-order valence-electron chi connectivity index (χ2n) is 13.4. The van der Waals surface area contributed by atoms with E-state index in [-0.39, 0.29) is 21.1 Å². The third-order valence-corrected chi connectivity index (χ3v) is 15.0. The van der Waals surface area contributed by atoms with Gasteiger partial charge in [0.15, 0.2) is 0 Å². The van der Waals surface area contributed by atoms with Crippen LogP contribution in [0.1, 0.15) is 5.56 Å². The molecule has 0 saturated heterocycles. The number of fused-ring (bicyclic) bond motifs is 3. The minimum Gasteiger partial charge on any atom is -0.358 e. The molecule has 55 heavy (non-hydrogen) atoms. The minimum atomic E-state index is -2.54. The number of hydrogen-bond acceptors (Lipinski definition) is 1. The van der Waals surface area contributed by atoms with E-state index in [9.17, 15) is 0 Å². The molecule has 0 fully saturated rings. The van der Waals surface area contributed by atoms with Crippen molar-refractivity contribution in [2.24, 2.45) is 0 Å². The van der Waals surface area contributed by atoms with Gasteiger partial charge < -0.3 is 9.47 Å². The molecule has 1 aromatic heterocycles. The number of para-hydroxylation sites is 6. The summed E-state index contributed by atoms with van der Waals surface area (Å²) in [5.74, 6) is 0. The standard InChI is InChI=1S/C30H21NSi.C20H15N2.Pt/c1-4-14-24(15-5-1)31-27-20-10-12-22-29(27)32(25-16-6-2-7-17-25,26-18-8-3-9-19-26)30-23-13-11-21-28(30)31;1-16-11-13-18(14-12-16)22-15-21(17-7-3-2-4-8-17)19-9-5-6-10-20(19)22;/h1-14,16-20,22-23H;2-7,9-14H,1H3;/q-2;-1;+4. The average molecular weight is 902 g/mol. The number of aromatic nitrogens is 2. The van der Waals surface area contributed by atoms with Crippen LogP contribution >= 0.6 is 0 Å². The Morgan fingerprint density at radius 3 is 1.73 bits per heavy atom. The smallest absolute Gasteiger partial charge is 0.358 e. The first-order chi connectivity index (χ1) is 26.7. The zero-order valence-corrected chi connectivity index (χ0v) is 33.5. The topological polar surface area (TPSA) is 12.0 Å². The minimum absolute atomic E-state index is 0. The number of benzene rings is 8. The Balaban J connectivity index is 0.000000163. The monoisotopic (exact) mass is 901 g/mol. The van der Waals surface area contributed by atoms with Crippen LogP contribution in [-0.4, -0.2) is 12.6 Å². The molecule has 10 rings (SSSR count). The molecule has 1 aliphatic heterocycles. The first-order valence-corrected chi connectivity index (χ1v) is 20.2. The molecule has 1 aliphatic rings. The van der Waals surface area contributed by atoms with Gasteiger partial charge in [-0.15, -0.1) is 11.3 Å². The molecule has 3 nitrogen and oxygen atoms in total. The first-order valence-electron chi connectivity index (χ1n) is 18.2. The fraction of sp³-hybridized carbons (Fsp3) is 0.0200. The second kappa shape index (κ2) is 15.7. The molecular weight excluding hydrogens is 866 g/mol. The molecule has 0 unspecified atom stereocenters. The van der Waals surface area contributed by atoms with Gasteiger partial charge in [-0.05, 0) is 36.0 Å². The van der Waals surface area contributed by atoms with Gasteiger partial charge in [0.25, 0.3) is 6.33 Å². The summed E-state index contributed by atoms with van der Waals surface area (Å²) in [5.41, 5.74) is 8.96. The summed E-state index contributed by atoms with van der Waals surface area (Å²) < 4.78 is 4.14. The molecular formula is C50H36N3PtSi+. The summed E-state index contributed by atoms with van der Waals surface area (Å²) in [7, 11) is -2.54. The van der Waals surface area contributed by atoms with Gasteiger partial charge in [0.1, 0.15) is 8.07 Å². The number of nitrogens with zero attached hydrogens (tertiary/aromatic N) is 3. The van der Waals surface area contributed by atoms with Gasteiger partial charge in [-0.25, -0.2) is 0 Å². The quantitative estimate of drug-likeness (QED) is 0.0964. The second-order valence-corrected chi connectivity index (χ2v) is 17.1. The molecule has 8 aromatic carbocycles. The van der Waals surface area contributed by atoms with E-state index in [1.165, 1.54) is 32.0 Å². The molecule has 264 valence electrons. The van der Waals surface area contributed by atoms with Gasteiger partial charge in [0, 0.05) is 5.69 Å². The van der Waals surface area contributed by atoms with E-state index in [1.807, 2.05) is 42.5 Å². The predicted molar refractivity (Wildman–Crippen MR) is 223 cm³/mol. The van der Waals surface area contributed by atoms with Crippen LogP contribution in [0.15, 0.2) is 200 Å². The largest absolute Gasteiger partial charge is 4.00 e. The van der Waals surface area contributed by atoms with Gasteiger partial charge in [-0.3, -0.25) is 4.57 Å². The van der Waals surface area contributed by atoms with Gasteiger partial charge >= 0.3 is 21.1 Å². The zero-order valence-electron chi connectivity index (χ0n) is 30.2. The number of rotatable bonds is 5. The predicted octanol–water partition coefficient (Wildman–Crippen LogP) is 8.26.